The summed E-state index contributed by atoms with van der Waals surface area (Å²) in [5, 5.41) is 7.29. The van der Waals surface area contributed by atoms with Crippen molar-refractivity contribution in [3.63, 3.8) is 0 Å². The Hall–Kier alpha value is -2.63. The van der Waals surface area contributed by atoms with Gasteiger partial charge in [0.15, 0.2) is 0 Å². The maximum absolute atomic E-state index is 12.9. The summed E-state index contributed by atoms with van der Waals surface area (Å²) in [6.07, 6.45) is 8.54. The van der Waals surface area contributed by atoms with Crippen LogP contribution in [0.15, 0.2) is 42.7 Å². The van der Waals surface area contributed by atoms with E-state index in [-0.39, 0.29) is 24.2 Å². The fourth-order valence-electron chi connectivity index (χ4n) is 4.23. The Morgan fingerprint density at radius 2 is 2.04 bits per heavy atom. The second kappa shape index (κ2) is 6.94. The largest absolute Gasteiger partial charge is 0.458 e. The lowest BCUT2D eigenvalue weighted by molar-refractivity contribution is -0.153. The lowest BCUT2D eigenvalue weighted by atomic mass is 9.75. The smallest absolute Gasteiger partial charge is 0.307 e. The summed E-state index contributed by atoms with van der Waals surface area (Å²) in [6, 6.07) is 9.70. The number of esters is 1. The van der Waals surface area contributed by atoms with Crippen molar-refractivity contribution in [1.29, 1.82) is 0 Å². The van der Waals surface area contributed by atoms with E-state index in [1.165, 1.54) is 0 Å². The number of benzene rings is 1. The normalized spacial score (nSPS) is 21.5. The second-order valence-corrected chi connectivity index (χ2v) is 7.15. The fraction of sp³-hybridized carbons (Fsp3) is 0.450. The molecule has 1 amide bonds. The monoisotopic (exact) mass is 353 g/mol. The van der Waals surface area contributed by atoms with Gasteiger partial charge in [0.25, 0.3) is 0 Å². The molecule has 6 nitrogen and oxygen atoms in total. The molecular weight excluding hydrogens is 330 g/mol. The van der Waals surface area contributed by atoms with E-state index in [4.69, 9.17) is 4.74 Å². The van der Waals surface area contributed by atoms with Crippen LogP contribution in [0.4, 0.5) is 0 Å². The first-order valence-corrected chi connectivity index (χ1v) is 9.25. The van der Waals surface area contributed by atoms with E-state index < -0.39 is 5.60 Å². The van der Waals surface area contributed by atoms with E-state index in [1.54, 1.807) is 10.9 Å². The molecule has 2 heterocycles. The van der Waals surface area contributed by atoms with Gasteiger partial charge in [-0.1, -0.05) is 24.6 Å². The molecule has 1 saturated carbocycles. The van der Waals surface area contributed by atoms with Crippen LogP contribution in [0.25, 0.3) is 5.69 Å². The molecule has 2 aromatic rings. The average Bonchev–Trinajstić information content (AvgIpc) is 3.29. The molecule has 136 valence electrons. The number of amides is 1. The molecule has 6 heteroatoms. The minimum absolute atomic E-state index is 0.0898. The molecule has 0 unspecified atom stereocenters. The number of carbonyl (C=O) groups is 2. The summed E-state index contributed by atoms with van der Waals surface area (Å²) in [7, 11) is 0. The van der Waals surface area contributed by atoms with Gasteiger partial charge in [-0.05, 0) is 43.4 Å². The third-order valence-electron chi connectivity index (χ3n) is 5.54. The van der Waals surface area contributed by atoms with Gasteiger partial charge in [-0.25, -0.2) is 4.68 Å². The SMILES string of the molecule is O=C1C[C@@H](C(=O)NCc2ccccc2-n2cccn2)C2(CCCCC2)O1. The molecule has 4 rings (SSSR count). The van der Waals surface area contributed by atoms with Crippen molar-refractivity contribution in [2.45, 2.75) is 50.7 Å². The first-order valence-electron chi connectivity index (χ1n) is 9.25. The van der Waals surface area contributed by atoms with E-state index in [2.05, 4.69) is 10.4 Å². The molecule has 1 aromatic heterocycles. The number of rotatable bonds is 4. The zero-order valence-electron chi connectivity index (χ0n) is 14.7. The highest BCUT2D eigenvalue weighted by atomic mass is 16.6. The van der Waals surface area contributed by atoms with Gasteiger partial charge in [0.2, 0.25) is 5.91 Å². The number of aromatic nitrogens is 2. The molecule has 1 aliphatic carbocycles. The number of carbonyl (C=O) groups excluding carboxylic acids is 2. The molecule has 1 N–H and O–H groups in total. The summed E-state index contributed by atoms with van der Waals surface area (Å²) in [4.78, 5) is 24.8. The summed E-state index contributed by atoms with van der Waals surface area (Å²) in [5.74, 6) is -0.718. The van der Waals surface area contributed by atoms with Gasteiger partial charge in [-0.15, -0.1) is 0 Å². The predicted octanol–water partition coefficient (Wildman–Crippen LogP) is 2.75. The van der Waals surface area contributed by atoms with Gasteiger partial charge < -0.3 is 10.1 Å². The molecule has 26 heavy (non-hydrogen) atoms. The van der Waals surface area contributed by atoms with Crippen LogP contribution >= 0.6 is 0 Å². The molecule has 1 spiro atoms. The molecule has 1 aromatic carbocycles. The Labute approximate surface area is 152 Å². The third kappa shape index (κ3) is 3.11. The lowest BCUT2D eigenvalue weighted by Crippen LogP contribution is -2.45. The topological polar surface area (TPSA) is 73.2 Å². The molecule has 0 bridgehead atoms. The Balaban J connectivity index is 1.48. The maximum Gasteiger partial charge on any atom is 0.307 e. The number of hydrogen-bond acceptors (Lipinski definition) is 4. The Morgan fingerprint density at radius 3 is 2.81 bits per heavy atom. The molecule has 1 atom stereocenters. The molecular formula is C20H23N3O3. The zero-order chi connectivity index (χ0) is 18.0. The van der Waals surface area contributed by atoms with Gasteiger partial charge in [-0.3, -0.25) is 9.59 Å². The van der Waals surface area contributed by atoms with Crippen LogP contribution in [0.3, 0.4) is 0 Å². The van der Waals surface area contributed by atoms with Gasteiger partial charge in [-0.2, -0.15) is 5.10 Å². The van der Waals surface area contributed by atoms with Crippen LogP contribution in [-0.2, 0) is 20.9 Å². The first kappa shape index (κ1) is 16.8. The highest BCUT2D eigenvalue weighted by Gasteiger charge is 2.52. The maximum atomic E-state index is 12.9. The van der Waals surface area contributed by atoms with Gasteiger partial charge >= 0.3 is 5.97 Å². The Bertz CT molecular complexity index is 794. The van der Waals surface area contributed by atoms with Crippen molar-refractivity contribution >= 4 is 11.9 Å². The van der Waals surface area contributed by atoms with Gasteiger partial charge in [0.1, 0.15) is 5.60 Å². The predicted molar refractivity (Wildman–Crippen MR) is 95.4 cm³/mol. The number of nitrogens with zero attached hydrogens (tertiary/aromatic N) is 2. The summed E-state index contributed by atoms with van der Waals surface area (Å²) in [6.45, 7) is 0.398. The summed E-state index contributed by atoms with van der Waals surface area (Å²) >= 11 is 0. The van der Waals surface area contributed by atoms with Gasteiger partial charge in [0.05, 0.1) is 18.0 Å². The van der Waals surface area contributed by atoms with Crippen molar-refractivity contribution in [3.05, 3.63) is 48.3 Å². The highest BCUT2D eigenvalue weighted by molar-refractivity contribution is 5.87. The Kier molecular flexibility index (Phi) is 4.49. The second-order valence-electron chi connectivity index (χ2n) is 7.15. The minimum atomic E-state index is -0.582. The minimum Gasteiger partial charge on any atom is -0.458 e. The van der Waals surface area contributed by atoms with E-state index in [1.807, 2.05) is 36.5 Å². The number of para-hydroxylation sites is 1. The number of hydrogen-bond donors (Lipinski definition) is 1. The molecule has 1 saturated heterocycles. The van der Waals surface area contributed by atoms with Crippen LogP contribution in [0.1, 0.15) is 44.1 Å². The summed E-state index contributed by atoms with van der Waals surface area (Å²) < 4.78 is 7.43. The fourth-order valence-corrected chi connectivity index (χ4v) is 4.23. The number of nitrogens with one attached hydrogen (secondary N) is 1. The van der Waals surface area contributed by atoms with Crippen molar-refractivity contribution in [1.82, 2.24) is 15.1 Å². The van der Waals surface area contributed by atoms with Crippen molar-refractivity contribution in [2.75, 3.05) is 0 Å². The third-order valence-corrected chi connectivity index (χ3v) is 5.54. The first-order chi connectivity index (χ1) is 12.7. The quantitative estimate of drug-likeness (QED) is 0.858. The van der Waals surface area contributed by atoms with Crippen LogP contribution in [-0.4, -0.2) is 27.3 Å². The molecule has 2 fully saturated rings. The van der Waals surface area contributed by atoms with Crippen molar-refractivity contribution in [2.24, 2.45) is 5.92 Å². The molecule has 2 aliphatic rings. The van der Waals surface area contributed by atoms with E-state index in [9.17, 15) is 9.59 Å². The Morgan fingerprint density at radius 1 is 1.23 bits per heavy atom. The van der Waals surface area contributed by atoms with E-state index >= 15 is 0 Å². The van der Waals surface area contributed by atoms with E-state index in [0.717, 1.165) is 43.4 Å². The van der Waals surface area contributed by atoms with Crippen LogP contribution in [0, 0.1) is 5.92 Å². The number of ether oxygens (including phenoxy) is 1. The zero-order valence-corrected chi connectivity index (χ0v) is 14.7. The molecule has 1 aliphatic heterocycles. The van der Waals surface area contributed by atoms with Crippen LogP contribution in [0.2, 0.25) is 0 Å². The lowest BCUT2D eigenvalue weighted by Gasteiger charge is -2.36. The van der Waals surface area contributed by atoms with Crippen molar-refractivity contribution in [3.8, 4) is 5.69 Å². The van der Waals surface area contributed by atoms with Crippen LogP contribution in [0.5, 0.6) is 0 Å². The molecule has 0 radical (unpaired) electrons. The highest BCUT2D eigenvalue weighted by Crippen LogP contribution is 2.44. The van der Waals surface area contributed by atoms with Gasteiger partial charge in [0, 0.05) is 18.9 Å². The van der Waals surface area contributed by atoms with Crippen molar-refractivity contribution < 1.29 is 14.3 Å². The average molecular weight is 353 g/mol. The summed E-state index contributed by atoms with van der Waals surface area (Å²) in [5.41, 5.74) is 1.33. The standard InChI is InChI=1S/C20H23N3O3/c24-18-13-16(20(26-18)9-4-1-5-10-20)19(25)21-14-15-7-2-3-8-17(15)23-12-6-11-22-23/h2-3,6-8,11-12,16H,1,4-5,9-10,13-14H2,(H,21,25)/t16-/m0/s1. The van der Waals surface area contributed by atoms with E-state index in [0.29, 0.717) is 6.54 Å². The van der Waals surface area contributed by atoms with Crippen LogP contribution < -0.4 is 5.32 Å².